The summed E-state index contributed by atoms with van der Waals surface area (Å²) < 4.78 is 0. The van der Waals surface area contributed by atoms with Crippen LogP contribution in [0.25, 0.3) is 0 Å². The molecule has 0 fully saturated rings. The standard InChI is InChI=1S/3Mg.Zn. The quantitative estimate of drug-likeness (QED) is 0.371. The first-order valence-electron chi connectivity index (χ1n) is 0. The Kier molecular flexibility index (Phi) is 119. The van der Waals surface area contributed by atoms with Crippen LogP contribution in [0.15, 0.2) is 0 Å². The Bertz CT molecular complexity index is 3.25. The van der Waals surface area contributed by atoms with Gasteiger partial charge in [-0.3, -0.25) is 0 Å². The van der Waals surface area contributed by atoms with Crippen molar-refractivity contribution < 1.29 is 19.5 Å². The third-order valence-corrected chi connectivity index (χ3v) is 0. The van der Waals surface area contributed by atoms with E-state index in [1.54, 1.807) is 0 Å². The van der Waals surface area contributed by atoms with E-state index in [1.165, 1.54) is 0 Å². The number of rotatable bonds is 0. The molecule has 0 aliphatic rings. The Morgan fingerprint density at radius 1 is 0.500 bits per heavy atom. The molecule has 0 N–H and O–H groups in total. The topological polar surface area (TPSA) is 0 Å². The van der Waals surface area contributed by atoms with Crippen molar-refractivity contribution in [1.29, 1.82) is 0 Å². The molecule has 0 aromatic rings. The van der Waals surface area contributed by atoms with E-state index >= 15 is 0 Å². The van der Waals surface area contributed by atoms with Gasteiger partial charge in [-0.2, -0.15) is 0 Å². The largest absolute Gasteiger partial charge is 0 e. The average molecular weight is 138 g/mol. The molecule has 4 heteroatoms. The molecular weight excluding hydrogens is 138 g/mol. The maximum absolute atomic E-state index is 0. The molecule has 0 bridgehead atoms. The van der Waals surface area contributed by atoms with Gasteiger partial charge in [-0.05, 0) is 0 Å². The third-order valence-electron chi connectivity index (χ3n) is 0. The Hall–Kier alpha value is 2.92. The van der Waals surface area contributed by atoms with Gasteiger partial charge in [0.05, 0.1) is 0 Å². The average Bonchev–Trinajstić information content (AvgIpc) is 0. The molecule has 0 saturated carbocycles. The molecule has 6 radical (unpaired) electrons. The molecule has 0 aliphatic carbocycles. The van der Waals surface area contributed by atoms with Gasteiger partial charge in [0.15, 0.2) is 0 Å². The monoisotopic (exact) mass is 136 g/mol. The Balaban J connectivity index is 0. The van der Waals surface area contributed by atoms with Crippen molar-refractivity contribution in [3.8, 4) is 0 Å². The Labute approximate surface area is 87.1 Å². The van der Waals surface area contributed by atoms with Gasteiger partial charge >= 0.3 is 0 Å². The Morgan fingerprint density at radius 3 is 0.500 bits per heavy atom. The van der Waals surface area contributed by atoms with E-state index in [2.05, 4.69) is 0 Å². The van der Waals surface area contributed by atoms with E-state index in [4.69, 9.17) is 0 Å². The van der Waals surface area contributed by atoms with Crippen LogP contribution in [0.4, 0.5) is 0 Å². The molecular formula is Mg3Zn. The zero-order chi connectivity index (χ0) is 0. The third kappa shape index (κ3) is 8.87. The summed E-state index contributed by atoms with van der Waals surface area (Å²) in [6.45, 7) is 0. The first-order valence-corrected chi connectivity index (χ1v) is 0. The second-order valence-electron chi connectivity index (χ2n) is 0. The molecule has 0 aliphatic heterocycles. The molecule has 0 aromatic heterocycles. The first-order chi connectivity index (χ1) is 0. The van der Waals surface area contributed by atoms with Crippen LogP contribution in [0.3, 0.4) is 0 Å². The fourth-order valence-corrected chi connectivity index (χ4v) is 0. The molecule has 0 atom stereocenters. The number of hydrogen-bond donors (Lipinski definition) is 0. The van der Waals surface area contributed by atoms with Crippen molar-refractivity contribution in [2.45, 2.75) is 0 Å². The maximum atomic E-state index is 0. The molecule has 0 unspecified atom stereocenters. The van der Waals surface area contributed by atoms with Crippen molar-refractivity contribution in [3.05, 3.63) is 0 Å². The molecule has 0 aromatic carbocycles. The van der Waals surface area contributed by atoms with Gasteiger partial charge in [0.25, 0.3) is 0 Å². The zero-order valence-electron chi connectivity index (χ0n) is 2.83. The molecule has 0 amide bonds. The SMILES string of the molecule is [Mg].[Mg].[Mg].[Zn]. The van der Waals surface area contributed by atoms with Crippen molar-refractivity contribution in [2.75, 3.05) is 0 Å². The molecule has 0 saturated heterocycles. The van der Waals surface area contributed by atoms with E-state index < -0.39 is 0 Å². The molecule has 0 rings (SSSR count). The van der Waals surface area contributed by atoms with E-state index in [9.17, 15) is 0 Å². The van der Waals surface area contributed by atoms with Crippen LogP contribution in [0.1, 0.15) is 0 Å². The summed E-state index contributed by atoms with van der Waals surface area (Å²) in [5, 5.41) is 0. The van der Waals surface area contributed by atoms with Crippen molar-refractivity contribution in [2.24, 2.45) is 0 Å². The molecule has 0 nitrogen and oxygen atoms in total. The van der Waals surface area contributed by atoms with Crippen molar-refractivity contribution in [3.63, 3.8) is 0 Å². The van der Waals surface area contributed by atoms with Gasteiger partial charge in [0.2, 0.25) is 0 Å². The Morgan fingerprint density at radius 2 is 0.500 bits per heavy atom. The predicted octanol–water partition coefficient (Wildman–Crippen LogP) is -1.14. The minimum atomic E-state index is 0. The fraction of sp³-hybridized carbons (Fsp3) is 0. The van der Waals surface area contributed by atoms with Gasteiger partial charge in [-0.15, -0.1) is 0 Å². The van der Waals surface area contributed by atoms with Gasteiger partial charge in [0.1, 0.15) is 0 Å². The molecule has 0 heterocycles. The molecule has 8 valence electrons. The summed E-state index contributed by atoms with van der Waals surface area (Å²) in [6.07, 6.45) is 0. The van der Waals surface area contributed by atoms with Crippen LogP contribution in [0, 0.1) is 0 Å². The van der Waals surface area contributed by atoms with Crippen LogP contribution in [-0.2, 0) is 19.5 Å². The van der Waals surface area contributed by atoms with Crippen molar-refractivity contribution >= 4 is 69.2 Å². The van der Waals surface area contributed by atoms with Crippen molar-refractivity contribution in [1.82, 2.24) is 0 Å². The van der Waals surface area contributed by atoms with Gasteiger partial charge < -0.3 is 0 Å². The second-order valence-corrected chi connectivity index (χ2v) is 0. The van der Waals surface area contributed by atoms with Gasteiger partial charge in [-0.25, -0.2) is 0 Å². The van der Waals surface area contributed by atoms with E-state index in [-0.39, 0.29) is 88.6 Å². The smallest absolute Gasteiger partial charge is 0 e. The van der Waals surface area contributed by atoms with E-state index in [0.717, 1.165) is 0 Å². The summed E-state index contributed by atoms with van der Waals surface area (Å²) in [7, 11) is 0. The van der Waals surface area contributed by atoms with Crippen LogP contribution in [-0.4, -0.2) is 69.2 Å². The summed E-state index contributed by atoms with van der Waals surface area (Å²) in [6, 6.07) is 0. The fourth-order valence-electron chi connectivity index (χ4n) is 0. The van der Waals surface area contributed by atoms with Crippen LogP contribution >= 0.6 is 0 Å². The van der Waals surface area contributed by atoms with E-state index in [1.807, 2.05) is 0 Å². The molecule has 4 heavy (non-hydrogen) atoms. The predicted molar refractivity (Wildman–Crippen MR) is 17.3 cm³/mol. The number of hydrogen-bond acceptors (Lipinski definition) is 0. The molecule has 0 spiro atoms. The maximum Gasteiger partial charge on any atom is 0 e. The van der Waals surface area contributed by atoms with Crippen LogP contribution in [0.2, 0.25) is 0 Å². The van der Waals surface area contributed by atoms with E-state index in [0.29, 0.717) is 0 Å². The summed E-state index contributed by atoms with van der Waals surface area (Å²) in [5.74, 6) is 0. The second kappa shape index (κ2) is 16.8. The van der Waals surface area contributed by atoms with Gasteiger partial charge in [0, 0.05) is 88.6 Å². The zero-order valence-corrected chi connectivity index (χ0v) is 10.0. The van der Waals surface area contributed by atoms with Gasteiger partial charge in [-0.1, -0.05) is 0 Å². The summed E-state index contributed by atoms with van der Waals surface area (Å²) in [4.78, 5) is 0. The summed E-state index contributed by atoms with van der Waals surface area (Å²) in [5.41, 5.74) is 0. The summed E-state index contributed by atoms with van der Waals surface area (Å²) >= 11 is 0. The first kappa shape index (κ1) is 28.4. The minimum Gasteiger partial charge on any atom is 0 e. The van der Waals surface area contributed by atoms with Crippen LogP contribution < -0.4 is 0 Å². The minimum absolute atomic E-state index is 0. The normalized spacial score (nSPS) is 0. The van der Waals surface area contributed by atoms with Crippen LogP contribution in [0.5, 0.6) is 0 Å².